The van der Waals surface area contributed by atoms with E-state index in [-0.39, 0.29) is 44.0 Å². The Labute approximate surface area is 203 Å². The Kier molecular flexibility index (Phi) is 7.51. The van der Waals surface area contributed by atoms with E-state index in [1.165, 1.54) is 24.3 Å². The number of ether oxygens (including phenoxy) is 1. The molecule has 0 aliphatic carbocycles. The number of benzene rings is 2. The lowest BCUT2D eigenvalue weighted by Gasteiger charge is -2.28. The molecule has 1 aliphatic rings. The number of carbonyl (C=O) groups is 1. The number of amides is 1. The van der Waals surface area contributed by atoms with Gasteiger partial charge in [-0.05, 0) is 35.9 Å². The lowest BCUT2D eigenvalue weighted by molar-refractivity contribution is -0.269. The van der Waals surface area contributed by atoms with Gasteiger partial charge < -0.3 is 10.1 Å². The Balaban J connectivity index is 1.82. The minimum atomic E-state index is -4.90. The normalized spacial score (nSPS) is 18.3. The van der Waals surface area contributed by atoms with Crippen molar-refractivity contribution in [1.82, 2.24) is 10.8 Å². The van der Waals surface area contributed by atoms with Gasteiger partial charge in [0.15, 0.2) is 6.61 Å². The van der Waals surface area contributed by atoms with E-state index >= 15 is 0 Å². The van der Waals surface area contributed by atoms with Gasteiger partial charge in [0.1, 0.15) is 0 Å². The van der Waals surface area contributed by atoms with Crippen LogP contribution in [0.15, 0.2) is 42.5 Å². The summed E-state index contributed by atoms with van der Waals surface area (Å²) in [4.78, 5) is 16.3. The van der Waals surface area contributed by atoms with Crippen molar-refractivity contribution < 1.29 is 40.7 Å². The van der Waals surface area contributed by atoms with Crippen LogP contribution in [0.5, 0.6) is 0 Å². The second kappa shape index (κ2) is 9.73. The zero-order valence-electron chi connectivity index (χ0n) is 16.6. The van der Waals surface area contributed by atoms with Gasteiger partial charge in [0.25, 0.3) is 0 Å². The average molecular weight is 550 g/mol. The van der Waals surface area contributed by atoms with Crippen LogP contribution in [0.2, 0.25) is 15.1 Å². The molecule has 184 valence electrons. The molecule has 0 fully saturated rings. The molecular weight excluding hydrogens is 537 g/mol. The molecule has 2 aromatic carbocycles. The third-order valence-corrected chi connectivity index (χ3v) is 5.32. The van der Waals surface area contributed by atoms with Crippen molar-refractivity contribution in [3.8, 4) is 0 Å². The summed E-state index contributed by atoms with van der Waals surface area (Å²) in [5.41, 5.74) is -0.611. The van der Waals surface area contributed by atoms with Gasteiger partial charge in [-0.2, -0.15) is 26.3 Å². The Morgan fingerprint density at radius 1 is 1.03 bits per heavy atom. The standard InChI is InChI=1S/C20H13Cl3F6N2O3/c21-13-4-12(5-14(22)6-13)18(20(27,28)29)7-16(31-34-18)10-1-2-11(15(23)3-10)8-30-17(32)33-9-19(24,25)26/h1-7,31H,8-9H2,(H,30,32). The number of rotatable bonds is 5. The Bertz CT molecular complexity index is 1100. The summed E-state index contributed by atoms with van der Waals surface area (Å²) in [6.07, 6.45) is -10.1. The molecule has 5 nitrogen and oxygen atoms in total. The number of halogens is 9. The van der Waals surface area contributed by atoms with Gasteiger partial charge in [-0.3, -0.25) is 10.3 Å². The number of hydroxylamine groups is 1. The van der Waals surface area contributed by atoms with Crippen molar-refractivity contribution in [2.45, 2.75) is 24.5 Å². The first-order valence-electron chi connectivity index (χ1n) is 9.16. The first-order valence-corrected chi connectivity index (χ1v) is 10.3. The highest BCUT2D eigenvalue weighted by Crippen LogP contribution is 2.48. The third-order valence-electron chi connectivity index (χ3n) is 4.54. The molecular formula is C20H13Cl3F6N2O3. The van der Waals surface area contributed by atoms with Crippen LogP contribution in [-0.2, 0) is 21.7 Å². The summed E-state index contributed by atoms with van der Waals surface area (Å²) < 4.78 is 82.4. The maximum Gasteiger partial charge on any atom is 0.428 e. The van der Waals surface area contributed by atoms with Crippen molar-refractivity contribution in [2.75, 3.05) is 6.61 Å². The highest BCUT2D eigenvalue weighted by molar-refractivity contribution is 6.34. The van der Waals surface area contributed by atoms with E-state index in [9.17, 15) is 31.1 Å². The zero-order chi connectivity index (χ0) is 25.3. The van der Waals surface area contributed by atoms with Crippen molar-refractivity contribution in [2.24, 2.45) is 0 Å². The number of hydrogen-bond acceptors (Lipinski definition) is 4. The summed E-state index contributed by atoms with van der Waals surface area (Å²) in [5.74, 6) is 0. The molecule has 1 unspecified atom stereocenters. The zero-order valence-corrected chi connectivity index (χ0v) is 18.8. The summed E-state index contributed by atoms with van der Waals surface area (Å²) in [6.45, 7) is -2.05. The summed E-state index contributed by atoms with van der Waals surface area (Å²) in [7, 11) is 0. The predicted octanol–water partition coefficient (Wildman–Crippen LogP) is 6.77. The molecule has 1 heterocycles. The second-order valence-electron chi connectivity index (χ2n) is 7.00. The molecule has 14 heteroatoms. The molecule has 2 aromatic rings. The number of alkyl carbamates (subject to hydrolysis) is 1. The van der Waals surface area contributed by atoms with Gasteiger partial charge in [0.05, 0.1) is 5.70 Å². The van der Waals surface area contributed by atoms with Crippen LogP contribution in [0.3, 0.4) is 0 Å². The van der Waals surface area contributed by atoms with Crippen LogP contribution in [-0.4, -0.2) is 25.1 Å². The molecule has 1 amide bonds. The Morgan fingerprint density at radius 2 is 1.68 bits per heavy atom. The molecule has 0 saturated heterocycles. The molecule has 2 N–H and O–H groups in total. The van der Waals surface area contributed by atoms with Crippen molar-refractivity contribution in [1.29, 1.82) is 0 Å². The highest BCUT2D eigenvalue weighted by atomic mass is 35.5. The monoisotopic (exact) mass is 548 g/mol. The fourth-order valence-corrected chi connectivity index (χ4v) is 3.75. The number of alkyl halides is 6. The van der Waals surface area contributed by atoms with Crippen molar-refractivity contribution in [3.63, 3.8) is 0 Å². The van der Waals surface area contributed by atoms with Gasteiger partial charge in [0.2, 0.25) is 5.60 Å². The maximum atomic E-state index is 14.1. The first-order chi connectivity index (χ1) is 15.7. The molecule has 1 aliphatic heterocycles. The molecule has 0 bridgehead atoms. The average Bonchev–Trinajstić information content (AvgIpc) is 3.17. The van der Waals surface area contributed by atoms with Gasteiger partial charge in [-0.25, -0.2) is 4.79 Å². The molecule has 3 rings (SSSR count). The van der Waals surface area contributed by atoms with Gasteiger partial charge >= 0.3 is 18.4 Å². The SMILES string of the molecule is O=C(NCc1ccc(C2=CC(c3cc(Cl)cc(Cl)c3)(C(F)(F)F)ON2)cc1Cl)OCC(F)(F)F. The molecule has 0 aromatic heterocycles. The largest absolute Gasteiger partial charge is 0.440 e. The summed E-state index contributed by atoms with van der Waals surface area (Å²) in [6, 6.07) is 7.45. The van der Waals surface area contributed by atoms with E-state index in [0.29, 0.717) is 0 Å². The Morgan fingerprint density at radius 3 is 2.24 bits per heavy atom. The fourth-order valence-electron chi connectivity index (χ4n) is 2.98. The van der Waals surface area contributed by atoms with Crippen molar-refractivity contribution >= 4 is 46.6 Å². The lowest BCUT2D eigenvalue weighted by Crippen LogP contribution is -2.42. The van der Waals surface area contributed by atoms with E-state index in [0.717, 1.165) is 18.2 Å². The van der Waals surface area contributed by atoms with E-state index in [2.05, 4.69) is 15.5 Å². The topological polar surface area (TPSA) is 59.6 Å². The van der Waals surface area contributed by atoms with Gasteiger partial charge in [0, 0.05) is 32.7 Å². The molecule has 34 heavy (non-hydrogen) atoms. The van der Waals surface area contributed by atoms with Gasteiger partial charge in [-0.1, -0.05) is 46.9 Å². The highest BCUT2D eigenvalue weighted by Gasteiger charge is 2.59. The molecule has 0 spiro atoms. The summed E-state index contributed by atoms with van der Waals surface area (Å²) in [5, 5.41) is 2.07. The first kappa shape index (κ1) is 26.3. The predicted molar refractivity (Wildman–Crippen MR) is 112 cm³/mol. The van der Waals surface area contributed by atoms with Crippen LogP contribution >= 0.6 is 34.8 Å². The minimum Gasteiger partial charge on any atom is -0.440 e. The fraction of sp³-hybridized carbons (Fsp3) is 0.250. The van der Waals surface area contributed by atoms with E-state index in [1.807, 2.05) is 0 Å². The van der Waals surface area contributed by atoms with Crippen LogP contribution in [0.1, 0.15) is 16.7 Å². The minimum absolute atomic E-state index is 0.0200. The third kappa shape index (κ3) is 6.01. The van der Waals surface area contributed by atoms with Crippen LogP contribution < -0.4 is 10.8 Å². The lowest BCUT2D eigenvalue weighted by atomic mass is 9.91. The van der Waals surface area contributed by atoms with Gasteiger partial charge in [-0.15, -0.1) is 0 Å². The van der Waals surface area contributed by atoms with E-state index < -0.39 is 30.7 Å². The van der Waals surface area contributed by atoms with E-state index in [1.54, 1.807) is 0 Å². The molecule has 0 saturated carbocycles. The smallest absolute Gasteiger partial charge is 0.428 e. The number of carbonyl (C=O) groups excluding carboxylic acids is 1. The quantitative estimate of drug-likeness (QED) is 0.404. The van der Waals surface area contributed by atoms with Crippen molar-refractivity contribution in [3.05, 3.63) is 74.2 Å². The molecule has 1 atom stereocenters. The van der Waals surface area contributed by atoms with Crippen LogP contribution in [0, 0.1) is 0 Å². The number of nitrogens with one attached hydrogen (secondary N) is 2. The van der Waals surface area contributed by atoms with E-state index in [4.69, 9.17) is 39.6 Å². The van der Waals surface area contributed by atoms with Crippen LogP contribution in [0.4, 0.5) is 31.1 Å². The Hall–Kier alpha value is -2.34. The second-order valence-corrected chi connectivity index (χ2v) is 8.28. The maximum absolute atomic E-state index is 14.1. The van der Waals surface area contributed by atoms with Crippen LogP contribution in [0.25, 0.3) is 5.70 Å². The number of hydrogen-bond donors (Lipinski definition) is 2. The summed E-state index contributed by atoms with van der Waals surface area (Å²) >= 11 is 17.9. The molecule has 0 radical (unpaired) electrons.